The van der Waals surface area contributed by atoms with Crippen molar-refractivity contribution in [3.8, 4) is 0 Å². The second-order valence-corrected chi connectivity index (χ2v) is 3.09. The second kappa shape index (κ2) is 10.4. The van der Waals surface area contributed by atoms with Gasteiger partial charge in [-0.15, -0.1) is 6.58 Å². The Bertz CT molecular complexity index is 223. The fourth-order valence-corrected chi connectivity index (χ4v) is 1.05. The van der Waals surface area contributed by atoms with Gasteiger partial charge < -0.3 is 14.2 Å². The van der Waals surface area contributed by atoms with Gasteiger partial charge in [0.2, 0.25) is 0 Å². The number of carbonyl (C=O) groups is 1. The molecule has 0 aromatic carbocycles. The summed E-state index contributed by atoms with van der Waals surface area (Å²) in [4.78, 5) is 11.1. The smallest absolute Gasteiger partial charge is 0.330 e. The summed E-state index contributed by atoms with van der Waals surface area (Å²) in [5.74, 6) is -0.355. The second-order valence-electron chi connectivity index (χ2n) is 3.09. The first-order valence-corrected chi connectivity index (χ1v) is 5.31. The van der Waals surface area contributed by atoms with E-state index in [-0.39, 0.29) is 18.9 Å². The predicted molar refractivity (Wildman–Crippen MR) is 62.0 cm³/mol. The van der Waals surface area contributed by atoms with Crippen molar-refractivity contribution in [3.05, 3.63) is 24.8 Å². The van der Waals surface area contributed by atoms with Crippen LogP contribution in [0.15, 0.2) is 24.8 Å². The summed E-state index contributed by atoms with van der Waals surface area (Å²) >= 11 is 0. The van der Waals surface area contributed by atoms with E-state index >= 15 is 0 Å². The van der Waals surface area contributed by atoms with Crippen molar-refractivity contribution in [2.75, 3.05) is 20.5 Å². The average Bonchev–Trinajstić information content (AvgIpc) is 2.28. The Hall–Kier alpha value is -1.13. The fraction of sp³-hybridized carbons (Fsp3) is 0.583. The van der Waals surface area contributed by atoms with Crippen molar-refractivity contribution in [1.29, 1.82) is 0 Å². The molecule has 0 aliphatic carbocycles. The predicted octanol–water partition coefficient (Wildman–Crippen LogP) is 2.06. The van der Waals surface area contributed by atoms with Crippen LogP contribution < -0.4 is 0 Å². The van der Waals surface area contributed by atoms with Crippen molar-refractivity contribution in [2.45, 2.75) is 25.9 Å². The Morgan fingerprint density at radius 2 is 2.25 bits per heavy atom. The van der Waals surface area contributed by atoms with Gasteiger partial charge in [-0.1, -0.05) is 6.08 Å². The normalized spacial score (nSPS) is 12.6. The lowest BCUT2D eigenvalue weighted by Crippen LogP contribution is -2.12. The van der Waals surface area contributed by atoms with Crippen LogP contribution in [0.1, 0.15) is 19.8 Å². The molecule has 0 aromatic heterocycles. The van der Waals surface area contributed by atoms with Crippen LogP contribution in [0.4, 0.5) is 0 Å². The monoisotopic (exact) mass is 228 g/mol. The van der Waals surface area contributed by atoms with E-state index in [1.807, 2.05) is 0 Å². The number of methoxy groups -OCH3 is 1. The molecule has 16 heavy (non-hydrogen) atoms. The van der Waals surface area contributed by atoms with E-state index < -0.39 is 0 Å². The van der Waals surface area contributed by atoms with Crippen molar-refractivity contribution < 1.29 is 19.0 Å². The molecule has 0 radical (unpaired) electrons. The Kier molecular flexibility index (Phi) is 9.66. The molecule has 92 valence electrons. The summed E-state index contributed by atoms with van der Waals surface area (Å²) in [6, 6.07) is 0. The van der Waals surface area contributed by atoms with Crippen LogP contribution in [0, 0.1) is 0 Å². The number of hydrogen-bond acceptors (Lipinski definition) is 4. The molecule has 0 bridgehead atoms. The highest BCUT2D eigenvalue weighted by Gasteiger charge is 2.05. The molecule has 0 aliphatic rings. The first-order valence-electron chi connectivity index (χ1n) is 5.31. The fourth-order valence-electron chi connectivity index (χ4n) is 1.05. The lowest BCUT2D eigenvalue weighted by Gasteiger charge is -2.12. The largest absolute Gasteiger partial charge is 0.463 e. The third-order valence-corrected chi connectivity index (χ3v) is 1.79. The van der Waals surface area contributed by atoms with Gasteiger partial charge in [0.15, 0.2) is 0 Å². The standard InChI is InChI=1S/C12H20O4/c1-4-6-7-11(16-10-14-3)8-9-12(13)15-5-2/h4,8-9,11H,1,5-7,10H2,2-3H3/b9-8+/t11-/m1/s1. The maximum Gasteiger partial charge on any atom is 0.330 e. The maximum absolute atomic E-state index is 11.1. The van der Waals surface area contributed by atoms with Gasteiger partial charge in [0.1, 0.15) is 6.79 Å². The molecule has 0 spiro atoms. The summed E-state index contributed by atoms with van der Waals surface area (Å²) in [6.45, 7) is 5.98. The molecular formula is C12H20O4. The van der Waals surface area contributed by atoms with Crippen molar-refractivity contribution >= 4 is 5.97 Å². The number of rotatable bonds is 9. The number of carbonyl (C=O) groups excluding carboxylic acids is 1. The molecule has 0 saturated heterocycles. The summed E-state index contributed by atoms with van der Waals surface area (Å²) in [5, 5.41) is 0. The quantitative estimate of drug-likeness (QED) is 0.262. The van der Waals surface area contributed by atoms with Gasteiger partial charge in [-0.3, -0.25) is 0 Å². The van der Waals surface area contributed by atoms with Crippen molar-refractivity contribution in [1.82, 2.24) is 0 Å². The zero-order valence-electron chi connectivity index (χ0n) is 9.98. The SMILES string of the molecule is C=CCC[C@H](/C=C/C(=O)OCC)OCOC. The summed E-state index contributed by atoms with van der Waals surface area (Å²) in [5.41, 5.74) is 0. The molecule has 0 heterocycles. The molecule has 0 fully saturated rings. The molecule has 0 amide bonds. The van der Waals surface area contributed by atoms with E-state index in [4.69, 9.17) is 14.2 Å². The van der Waals surface area contributed by atoms with Gasteiger partial charge >= 0.3 is 5.97 Å². The molecular weight excluding hydrogens is 208 g/mol. The zero-order chi connectivity index (χ0) is 12.2. The number of ether oxygens (including phenoxy) is 3. The van der Waals surface area contributed by atoms with Crippen LogP contribution in [-0.2, 0) is 19.0 Å². The third kappa shape index (κ3) is 8.20. The minimum absolute atomic E-state index is 0.151. The first kappa shape index (κ1) is 14.9. The van der Waals surface area contributed by atoms with Crippen LogP contribution in [0.2, 0.25) is 0 Å². The Morgan fingerprint density at radius 3 is 2.81 bits per heavy atom. The van der Waals surface area contributed by atoms with Crippen molar-refractivity contribution in [2.24, 2.45) is 0 Å². The molecule has 0 unspecified atom stereocenters. The number of hydrogen-bond donors (Lipinski definition) is 0. The number of allylic oxidation sites excluding steroid dienone is 1. The third-order valence-electron chi connectivity index (χ3n) is 1.79. The van der Waals surface area contributed by atoms with Gasteiger partial charge in [-0.05, 0) is 25.8 Å². The van der Waals surface area contributed by atoms with E-state index in [1.165, 1.54) is 6.08 Å². The van der Waals surface area contributed by atoms with E-state index in [2.05, 4.69) is 6.58 Å². The minimum atomic E-state index is -0.355. The highest BCUT2D eigenvalue weighted by molar-refractivity contribution is 5.81. The van der Waals surface area contributed by atoms with E-state index in [0.717, 1.165) is 12.8 Å². The lowest BCUT2D eigenvalue weighted by atomic mass is 10.2. The molecule has 0 aliphatic heterocycles. The topological polar surface area (TPSA) is 44.8 Å². The minimum Gasteiger partial charge on any atom is -0.463 e. The van der Waals surface area contributed by atoms with Crippen LogP contribution >= 0.6 is 0 Å². The van der Waals surface area contributed by atoms with E-state index in [0.29, 0.717) is 6.61 Å². The van der Waals surface area contributed by atoms with Crippen LogP contribution in [0.3, 0.4) is 0 Å². The highest BCUT2D eigenvalue weighted by Crippen LogP contribution is 2.05. The molecule has 4 heteroatoms. The van der Waals surface area contributed by atoms with Crippen LogP contribution in [0.25, 0.3) is 0 Å². The molecule has 0 N–H and O–H groups in total. The molecule has 0 aromatic rings. The van der Waals surface area contributed by atoms with Gasteiger partial charge in [-0.2, -0.15) is 0 Å². The average molecular weight is 228 g/mol. The number of esters is 1. The Morgan fingerprint density at radius 1 is 1.50 bits per heavy atom. The summed E-state index contributed by atoms with van der Waals surface area (Å²) in [7, 11) is 1.56. The highest BCUT2D eigenvalue weighted by atomic mass is 16.7. The molecule has 0 saturated carbocycles. The zero-order valence-corrected chi connectivity index (χ0v) is 9.98. The maximum atomic E-state index is 11.1. The van der Waals surface area contributed by atoms with Gasteiger partial charge in [0, 0.05) is 13.2 Å². The van der Waals surface area contributed by atoms with Gasteiger partial charge in [-0.25, -0.2) is 4.79 Å². The summed E-state index contributed by atoms with van der Waals surface area (Å²) in [6.07, 6.45) is 6.31. The lowest BCUT2D eigenvalue weighted by molar-refractivity contribution is -0.137. The summed E-state index contributed by atoms with van der Waals surface area (Å²) < 4.78 is 14.9. The Balaban J connectivity index is 4.05. The molecule has 4 nitrogen and oxygen atoms in total. The van der Waals surface area contributed by atoms with Gasteiger partial charge in [0.25, 0.3) is 0 Å². The van der Waals surface area contributed by atoms with Crippen LogP contribution in [-0.4, -0.2) is 32.6 Å². The molecule has 1 atom stereocenters. The molecule has 0 rings (SSSR count). The van der Waals surface area contributed by atoms with Crippen molar-refractivity contribution in [3.63, 3.8) is 0 Å². The van der Waals surface area contributed by atoms with Gasteiger partial charge in [0.05, 0.1) is 12.7 Å². The first-order chi connectivity index (χ1) is 7.74. The van der Waals surface area contributed by atoms with Crippen LogP contribution in [0.5, 0.6) is 0 Å². The van der Waals surface area contributed by atoms with E-state index in [9.17, 15) is 4.79 Å². The van der Waals surface area contributed by atoms with E-state index in [1.54, 1.807) is 26.2 Å². The Labute approximate surface area is 96.9 Å².